The summed E-state index contributed by atoms with van der Waals surface area (Å²) < 4.78 is 0. The first kappa shape index (κ1) is 19.1. The van der Waals surface area contributed by atoms with Gasteiger partial charge in [-0.05, 0) is 36.4 Å². The standard InChI is InChI=1S/C25H22N4O2/c30-25(31)21-16-24(27-23-10-11-26-17-22(21)23)18-6-8-20(9-7-18)29-14-12-28(13-15-29)19-4-2-1-3-5-19/h1-11,16-17H,12-15H2,(H,30,31). The maximum absolute atomic E-state index is 11.7. The summed E-state index contributed by atoms with van der Waals surface area (Å²) >= 11 is 0. The number of hydrogen-bond donors (Lipinski definition) is 1. The highest BCUT2D eigenvalue weighted by atomic mass is 16.4. The van der Waals surface area contributed by atoms with Gasteiger partial charge in [-0.1, -0.05) is 30.3 Å². The highest BCUT2D eigenvalue weighted by Gasteiger charge is 2.18. The fourth-order valence-corrected chi connectivity index (χ4v) is 4.10. The van der Waals surface area contributed by atoms with Crippen LogP contribution in [0.3, 0.4) is 0 Å². The van der Waals surface area contributed by atoms with E-state index in [1.54, 1.807) is 24.5 Å². The molecule has 31 heavy (non-hydrogen) atoms. The highest BCUT2D eigenvalue weighted by Crippen LogP contribution is 2.27. The lowest BCUT2D eigenvalue weighted by Gasteiger charge is -2.37. The van der Waals surface area contributed by atoms with E-state index in [1.165, 1.54) is 11.4 Å². The molecular weight excluding hydrogens is 388 g/mol. The number of benzene rings is 2. The van der Waals surface area contributed by atoms with E-state index in [0.29, 0.717) is 16.6 Å². The Labute approximate surface area is 180 Å². The van der Waals surface area contributed by atoms with Crippen molar-refractivity contribution in [3.63, 3.8) is 0 Å². The zero-order chi connectivity index (χ0) is 21.2. The molecule has 0 radical (unpaired) electrons. The number of fused-ring (bicyclic) bond motifs is 1. The van der Waals surface area contributed by atoms with Gasteiger partial charge in [0.1, 0.15) is 0 Å². The van der Waals surface area contributed by atoms with Crippen LogP contribution in [-0.2, 0) is 0 Å². The van der Waals surface area contributed by atoms with Gasteiger partial charge in [0.15, 0.2) is 0 Å². The summed E-state index contributed by atoms with van der Waals surface area (Å²) in [7, 11) is 0. The van der Waals surface area contributed by atoms with Crippen LogP contribution in [0.2, 0.25) is 0 Å². The van der Waals surface area contributed by atoms with Gasteiger partial charge in [-0.15, -0.1) is 0 Å². The third kappa shape index (κ3) is 3.80. The molecule has 2 aromatic heterocycles. The number of para-hydroxylation sites is 1. The van der Waals surface area contributed by atoms with Gasteiger partial charge in [0, 0.05) is 60.9 Å². The molecular formula is C25H22N4O2. The molecule has 154 valence electrons. The number of carboxylic acid groups (broad SMARTS) is 1. The van der Waals surface area contributed by atoms with Crippen LogP contribution in [0.25, 0.3) is 22.2 Å². The molecule has 5 rings (SSSR count). The zero-order valence-electron chi connectivity index (χ0n) is 17.0. The number of carboxylic acids is 1. The average Bonchev–Trinajstić information content (AvgIpc) is 2.84. The van der Waals surface area contributed by atoms with Crippen LogP contribution in [0.5, 0.6) is 0 Å². The summed E-state index contributed by atoms with van der Waals surface area (Å²) in [6.07, 6.45) is 3.18. The molecule has 3 heterocycles. The van der Waals surface area contributed by atoms with Crippen LogP contribution in [0.4, 0.5) is 11.4 Å². The van der Waals surface area contributed by atoms with E-state index in [2.05, 4.69) is 56.2 Å². The van der Waals surface area contributed by atoms with Crippen LogP contribution >= 0.6 is 0 Å². The van der Waals surface area contributed by atoms with E-state index in [9.17, 15) is 9.90 Å². The Balaban J connectivity index is 1.36. The predicted octanol–water partition coefficient (Wildman–Crippen LogP) is 4.32. The molecule has 1 saturated heterocycles. The Kier molecular flexibility index (Phi) is 4.96. The summed E-state index contributed by atoms with van der Waals surface area (Å²) in [5, 5.41) is 10.2. The minimum Gasteiger partial charge on any atom is -0.478 e. The highest BCUT2D eigenvalue weighted by molar-refractivity contribution is 6.03. The van der Waals surface area contributed by atoms with Gasteiger partial charge in [0.05, 0.1) is 16.8 Å². The number of piperazine rings is 1. The van der Waals surface area contributed by atoms with Gasteiger partial charge in [0.2, 0.25) is 0 Å². The average molecular weight is 410 g/mol. The fraction of sp³-hybridized carbons (Fsp3) is 0.160. The summed E-state index contributed by atoms with van der Waals surface area (Å²) in [5.74, 6) is -0.977. The molecule has 1 aliphatic rings. The van der Waals surface area contributed by atoms with Gasteiger partial charge in [-0.3, -0.25) is 4.98 Å². The summed E-state index contributed by atoms with van der Waals surface area (Å²) in [6, 6.07) is 22.1. The topological polar surface area (TPSA) is 69.6 Å². The third-order valence-corrected chi connectivity index (χ3v) is 5.77. The molecule has 4 aromatic rings. The van der Waals surface area contributed by atoms with E-state index in [0.717, 1.165) is 31.7 Å². The molecule has 0 saturated carbocycles. The van der Waals surface area contributed by atoms with E-state index in [-0.39, 0.29) is 5.56 Å². The predicted molar refractivity (Wildman–Crippen MR) is 123 cm³/mol. The van der Waals surface area contributed by atoms with Gasteiger partial charge in [0.25, 0.3) is 0 Å². The van der Waals surface area contributed by atoms with Crippen molar-refractivity contribution in [2.24, 2.45) is 0 Å². The van der Waals surface area contributed by atoms with Gasteiger partial charge in [-0.2, -0.15) is 0 Å². The Morgan fingerprint density at radius 1 is 0.839 bits per heavy atom. The lowest BCUT2D eigenvalue weighted by Crippen LogP contribution is -2.46. The molecule has 6 heteroatoms. The lowest BCUT2D eigenvalue weighted by molar-refractivity contribution is 0.0699. The van der Waals surface area contributed by atoms with Crippen LogP contribution in [-0.4, -0.2) is 47.2 Å². The quantitative estimate of drug-likeness (QED) is 0.540. The van der Waals surface area contributed by atoms with E-state index >= 15 is 0 Å². The maximum Gasteiger partial charge on any atom is 0.336 e. The van der Waals surface area contributed by atoms with Crippen LogP contribution in [0.1, 0.15) is 10.4 Å². The van der Waals surface area contributed by atoms with E-state index in [1.807, 2.05) is 18.2 Å². The second kappa shape index (κ2) is 8.07. The number of carbonyl (C=O) groups is 1. The van der Waals surface area contributed by atoms with Crippen LogP contribution in [0.15, 0.2) is 79.1 Å². The second-order valence-corrected chi connectivity index (χ2v) is 7.61. The van der Waals surface area contributed by atoms with Crippen molar-refractivity contribution in [2.75, 3.05) is 36.0 Å². The zero-order valence-corrected chi connectivity index (χ0v) is 17.0. The number of aromatic carboxylic acids is 1. The molecule has 2 aromatic carbocycles. The molecule has 0 unspecified atom stereocenters. The largest absolute Gasteiger partial charge is 0.478 e. The van der Waals surface area contributed by atoms with Crippen molar-refractivity contribution in [3.8, 4) is 11.3 Å². The third-order valence-electron chi connectivity index (χ3n) is 5.77. The SMILES string of the molecule is O=C(O)c1cc(-c2ccc(N3CCN(c4ccccc4)CC3)cc2)nc2ccncc12. The molecule has 0 atom stereocenters. The summed E-state index contributed by atoms with van der Waals surface area (Å²) in [6.45, 7) is 3.87. The first-order valence-electron chi connectivity index (χ1n) is 10.3. The first-order valence-corrected chi connectivity index (χ1v) is 10.3. The monoisotopic (exact) mass is 410 g/mol. The Morgan fingerprint density at radius 2 is 1.48 bits per heavy atom. The molecule has 1 N–H and O–H groups in total. The molecule has 0 amide bonds. The van der Waals surface area contributed by atoms with Crippen molar-refractivity contribution in [1.29, 1.82) is 0 Å². The fourth-order valence-electron chi connectivity index (χ4n) is 4.10. The molecule has 0 aliphatic carbocycles. The Hall–Kier alpha value is -3.93. The van der Waals surface area contributed by atoms with Gasteiger partial charge in [-0.25, -0.2) is 9.78 Å². The van der Waals surface area contributed by atoms with Crippen LogP contribution < -0.4 is 9.80 Å². The van der Waals surface area contributed by atoms with Crippen molar-refractivity contribution < 1.29 is 9.90 Å². The second-order valence-electron chi connectivity index (χ2n) is 7.61. The van der Waals surface area contributed by atoms with Gasteiger partial charge >= 0.3 is 5.97 Å². The maximum atomic E-state index is 11.7. The molecule has 0 bridgehead atoms. The number of pyridine rings is 2. The number of hydrogen-bond acceptors (Lipinski definition) is 5. The summed E-state index contributed by atoms with van der Waals surface area (Å²) in [4.78, 5) is 25.2. The summed E-state index contributed by atoms with van der Waals surface area (Å²) in [5.41, 5.74) is 4.83. The van der Waals surface area contributed by atoms with E-state index in [4.69, 9.17) is 0 Å². The normalized spacial score (nSPS) is 14.1. The van der Waals surface area contributed by atoms with E-state index < -0.39 is 5.97 Å². The number of anilines is 2. The van der Waals surface area contributed by atoms with Crippen molar-refractivity contribution in [3.05, 3.63) is 84.7 Å². The van der Waals surface area contributed by atoms with Crippen LogP contribution in [0, 0.1) is 0 Å². The number of nitrogens with zero attached hydrogens (tertiary/aromatic N) is 4. The van der Waals surface area contributed by atoms with Crippen molar-refractivity contribution >= 4 is 28.2 Å². The molecule has 1 aliphatic heterocycles. The number of aromatic nitrogens is 2. The van der Waals surface area contributed by atoms with Crippen molar-refractivity contribution in [2.45, 2.75) is 0 Å². The lowest BCUT2D eigenvalue weighted by atomic mass is 10.0. The smallest absolute Gasteiger partial charge is 0.336 e. The number of rotatable bonds is 4. The first-order chi connectivity index (χ1) is 15.2. The Morgan fingerprint density at radius 3 is 2.13 bits per heavy atom. The Bertz CT molecular complexity index is 1220. The molecule has 1 fully saturated rings. The minimum atomic E-state index is -0.977. The molecule has 6 nitrogen and oxygen atoms in total. The van der Waals surface area contributed by atoms with Crippen molar-refractivity contribution in [1.82, 2.24) is 9.97 Å². The molecule has 0 spiro atoms. The van der Waals surface area contributed by atoms with Gasteiger partial charge < -0.3 is 14.9 Å². The minimum absolute atomic E-state index is 0.217.